The third-order valence-corrected chi connectivity index (χ3v) is 2.84. The Morgan fingerprint density at radius 3 is 3.00 bits per heavy atom. The van der Waals surface area contributed by atoms with Crippen LogP contribution in [0.15, 0.2) is 23.4 Å². The molecule has 0 saturated carbocycles. The molecule has 7 nitrogen and oxygen atoms in total. The predicted octanol–water partition coefficient (Wildman–Crippen LogP) is 1.58. The largest absolute Gasteiger partial charge is 0.390 e. The molecule has 2 atom stereocenters. The molecular formula is C11H13N5O2. The third-order valence-electron chi connectivity index (χ3n) is 2.84. The number of aliphatic hydroxyl groups excluding tert-OH is 2. The normalized spacial score (nSPS) is 14.2. The van der Waals surface area contributed by atoms with Crippen molar-refractivity contribution in [2.24, 2.45) is 5.11 Å². The van der Waals surface area contributed by atoms with E-state index in [9.17, 15) is 10.2 Å². The van der Waals surface area contributed by atoms with Crippen molar-refractivity contribution in [3.63, 3.8) is 0 Å². The molecule has 1 aromatic carbocycles. The molecule has 0 aliphatic carbocycles. The highest BCUT2D eigenvalue weighted by atomic mass is 16.3. The Morgan fingerprint density at radius 1 is 1.50 bits per heavy atom. The summed E-state index contributed by atoms with van der Waals surface area (Å²) in [4.78, 5) is 2.55. The third kappa shape index (κ3) is 2.28. The van der Waals surface area contributed by atoms with Gasteiger partial charge in [-0.05, 0) is 35.7 Å². The number of aromatic amines is 1. The highest BCUT2D eigenvalue weighted by molar-refractivity contribution is 5.79. The summed E-state index contributed by atoms with van der Waals surface area (Å²) in [6.45, 7) is 1.67. The number of fused-ring (bicyclic) bond motifs is 1. The van der Waals surface area contributed by atoms with Crippen molar-refractivity contribution in [2.75, 3.05) is 6.54 Å². The number of hydrogen-bond donors (Lipinski definition) is 3. The van der Waals surface area contributed by atoms with Crippen LogP contribution in [0.4, 0.5) is 0 Å². The quantitative estimate of drug-likeness (QED) is 0.432. The fourth-order valence-corrected chi connectivity index (χ4v) is 1.86. The number of H-pyrrole nitrogens is 1. The zero-order chi connectivity index (χ0) is 13.1. The van der Waals surface area contributed by atoms with Crippen molar-refractivity contribution in [3.05, 3.63) is 39.9 Å². The van der Waals surface area contributed by atoms with E-state index in [2.05, 4.69) is 20.2 Å². The van der Waals surface area contributed by atoms with Gasteiger partial charge in [0.05, 0.1) is 24.4 Å². The zero-order valence-corrected chi connectivity index (χ0v) is 9.78. The van der Waals surface area contributed by atoms with Crippen molar-refractivity contribution in [2.45, 2.75) is 19.1 Å². The zero-order valence-electron chi connectivity index (χ0n) is 9.78. The monoisotopic (exact) mass is 247 g/mol. The number of nitrogens with one attached hydrogen (secondary N) is 1. The van der Waals surface area contributed by atoms with Crippen molar-refractivity contribution < 1.29 is 10.2 Å². The second-order valence-electron chi connectivity index (χ2n) is 4.09. The van der Waals surface area contributed by atoms with E-state index < -0.39 is 12.2 Å². The number of rotatable bonds is 4. The number of hydrogen-bond acceptors (Lipinski definition) is 4. The minimum atomic E-state index is -1.12. The summed E-state index contributed by atoms with van der Waals surface area (Å²) in [5.41, 5.74) is 10.5. The van der Waals surface area contributed by atoms with Gasteiger partial charge in [0.2, 0.25) is 0 Å². The number of azide groups is 1. The van der Waals surface area contributed by atoms with Gasteiger partial charge in [-0.3, -0.25) is 5.10 Å². The van der Waals surface area contributed by atoms with E-state index in [1.807, 2.05) is 13.0 Å². The fourth-order valence-electron chi connectivity index (χ4n) is 1.86. The van der Waals surface area contributed by atoms with Crippen LogP contribution in [-0.2, 0) is 0 Å². The van der Waals surface area contributed by atoms with Crippen LogP contribution in [0.25, 0.3) is 21.3 Å². The lowest BCUT2D eigenvalue weighted by atomic mass is 9.98. The summed E-state index contributed by atoms with van der Waals surface area (Å²) in [7, 11) is 0. The molecule has 2 unspecified atom stereocenters. The number of aromatic nitrogens is 2. The van der Waals surface area contributed by atoms with Crippen molar-refractivity contribution >= 4 is 10.9 Å². The first kappa shape index (κ1) is 12.4. The van der Waals surface area contributed by atoms with E-state index >= 15 is 0 Å². The molecule has 0 spiro atoms. The van der Waals surface area contributed by atoms with Gasteiger partial charge in [0.25, 0.3) is 0 Å². The topological polar surface area (TPSA) is 118 Å². The summed E-state index contributed by atoms with van der Waals surface area (Å²) < 4.78 is 0. The molecule has 0 saturated heterocycles. The molecule has 0 aliphatic rings. The molecule has 1 aromatic heterocycles. The molecule has 0 fully saturated rings. The summed E-state index contributed by atoms with van der Waals surface area (Å²) in [6, 6.07) is 3.61. The van der Waals surface area contributed by atoms with Gasteiger partial charge in [-0.1, -0.05) is 5.11 Å². The molecule has 18 heavy (non-hydrogen) atoms. The van der Waals surface area contributed by atoms with Crippen LogP contribution in [0.3, 0.4) is 0 Å². The van der Waals surface area contributed by atoms with Crippen molar-refractivity contribution in [1.82, 2.24) is 10.2 Å². The summed E-state index contributed by atoms with van der Waals surface area (Å²) in [5.74, 6) is 0. The first-order chi connectivity index (χ1) is 8.63. The van der Waals surface area contributed by atoms with Gasteiger partial charge in [-0.25, -0.2) is 0 Å². The van der Waals surface area contributed by atoms with Crippen LogP contribution >= 0.6 is 0 Å². The number of nitrogens with zero attached hydrogens (tertiary/aromatic N) is 4. The van der Waals surface area contributed by atoms with E-state index in [1.54, 1.807) is 12.3 Å². The smallest absolute Gasteiger partial charge is 0.105 e. The molecule has 0 radical (unpaired) electrons. The number of aliphatic hydroxyl groups is 2. The fraction of sp³-hybridized carbons (Fsp3) is 0.364. The lowest BCUT2D eigenvalue weighted by Crippen LogP contribution is -2.21. The Kier molecular flexibility index (Phi) is 3.47. The van der Waals surface area contributed by atoms with Gasteiger partial charge >= 0.3 is 0 Å². The van der Waals surface area contributed by atoms with Gasteiger partial charge in [-0.15, -0.1) is 0 Å². The molecule has 7 heteroatoms. The second kappa shape index (κ2) is 5.05. The maximum absolute atomic E-state index is 10.0. The first-order valence-electron chi connectivity index (χ1n) is 5.44. The molecule has 94 valence electrons. The average Bonchev–Trinajstić information content (AvgIpc) is 2.81. The Labute approximate surface area is 103 Å². The van der Waals surface area contributed by atoms with Crippen LogP contribution in [0.5, 0.6) is 0 Å². The predicted molar refractivity (Wildman–Crippen MR) is 65.8 cm³/mol. The summed E-state index contributed by atoms with van der Waals surface area (Å²) in [6.07, 6.45) is -0.566. The molecule has 0 bridgehead atoms. The van der Waals surface area contributed by atoms with Crippen LogP contribution in [0, 0.1) is 6.92 Å². The van der Waals surface area contributed by atoms with Gasteiger partial charge in [0, 0.05) is 10.3 Å². The van der Waals surface area contributed by atoms with E-state index in [-0.39, 0.29) is 6.54 Å². The first-order valence-corrected chi connectivity index (χ1v) is 5.44. The van der Waals surface area contributed by atoms with Crippen LogP contribution in [0.1, 0.15) is 17.2 Å². The molecule has 0 amide bonds. The second-order valence-corrected chi connectivity index (χ2v) is 4.09. The minimum absolute atomic E-state index is 0.166. The molecule has 1 heterocycles. The van der Waals surface area contributed by atoms with Gasteiger partial charge in [0.15, 0.2) is 0 Å². The van der Waals surface area contributed by atoms with Gasteiger partial charge in [-0.2, -0.15) is 5.10 Å². The summed E-state index contributed by atoms with van der Waals surface area (Å²) in [5, 5.41) is 30.6. The number of benzene rings is 1. The Bertz CT molecular complexity index is 602. The molecule has 2 rings (SSSR count). The number of aryl methyl sites for hydroxylation is 1. The highest BCUT2D eigenvalue weighted by Gasteiger charge is 2.20. The van der Waals surface area contributed by atoms with Crippen LogP contribution < -0.4 is 0 Å². The van der Waals surface area contributed by atoms with Crippen molar-refractivity contribution in [3.8, 4) is 0 Å². The van der Waals surface area contributed by atoms with Crippen molar-refractivity contribution in [1.29, 1.82) is 0 Å². The molecular weight excluding hydrogens is 234 g/mol. The van der Waals surface area contributed by atoms with Crippen LogP contribution in [-0.4, -0.2) is 33.1 Å². The lowest BCUT2D eigenvalue weighted by molar-refractivity contribution is 0.0241. The van der Waals surface area contributed by atoms with E-state index in [0.29, 0.717) is 5.56 Å². The molecule has 3 N–H and O–H groups in total. The van der Waals surface area contributed by atoms with Crippen LogP contribution in [0.2, 0.25) is 0 Å². The van der Waals surface area contributed by atoms with Gasteiger partial charge in [0.1, 0.15) is 6.10 Å². The average molecular weight is 247 g/mol. The van der Waals surface area contributed by atoms with E-state index in [1.165, 1.54) is 0 Å². The maximum atomic E-state index is 10.0. The molecule has 2 aromatic rings. The van der Waals surface area contributed by atoms with E-state index in [0.717, 1.165) is 16.5 Å². The lowest BCUT2D eigenvalue weighted by Gasteiger charge is -2.18. The Balaban J connectivity index is 2.33. The van der Waals surface area contributed by atoms with Gasteiger partial charge < -0.3 is 10.2 Å². The molecule has 0 aliphatic heterocycles. The maximum Gasteiger partial charge on any atom is 0.105 e. The highest BCUT2D eigenvalue weighted by Crippen LogP contribution is 2.25. The summed E-state index contributed by atoms with van der Waals surface area (Å²) >= 11 is 0. The minimum Gasteiger partial charge on any atom is -0.390 e. The Morgan fingerprint density at radius 2 is 2.28 bits per heavy atom. The Hall–Kier alpha value is -2.08. The van der Waals surface area contributed by atoms with E-state index in [4.69, 9.17) is 5.53 Å². The SMILES string of the molecule is Cc1cc2[nH]ncc2cc1C(O)C(O)CN=[N+]=[N-]. The standard InChI is InChI=1S/C11H13N5O2/c1-6-2-9-7(4-13-15-9)3-8(6)11(18)10(17)5-14-16-12/h2-4,10-11,17-18H,5H2,1H3,(H,13,15).